The number of hydrogen-bond donors (Lipinski definition) is 3. The van der Waals surface area contributed by atoms with Crippen LogP contribution in [0.2, 0.25) is 0 Å². The van der Waals surface area contributed by atoms with E-state index in [-0.39, 0.29) is 22.3 Å². The zero-order valence-corrected chi connectivity index (χ0v) is 26.5. The average molecular weight is 671 g/mol. The highest BCUT2D eigenvalue weighted by Gasteiger charge is 2.58. The van der Waals surface area contributed by atoms with E-state index in [2.05, 4.69) is 35.9 Å². The molecule has 3 amide bonds. The zero-order valence-electron chi connectivity index (χ0n) is 25.6. The first-order valence-corrected chi connectivity index (χ1v) is 15.6. The van der Waals surface area contributed by atoms with Gasteiger partial charge in [0, 0.05) is 65.3 Å². The van der Waals surface area contributed by atoms with Gasteiger partial charge in [0.05, 0.1) is 5.69 Å². The number of hydrogen-bond acceptors (Lipinski definition) is 9. The van der Waals surface area contributed by atoms with Crippen molar-refractivity contribution in [3.63, 3.8) is 0 Å². The minimum atomic E-state index is -4.48. The largest absolute Gasteiger partial charge is 0.446 e. The minimum Gasteiger partial charge on any atom is -0.340 e. The molecule has 14 heteroatoms. The number of benzene rings is 1. The number of carbonyl (C=O) groups is 2. The Labute approximate surface area is 278 Å². The van der Waals surface area contributed by atoms with Gasteiger partial charge in [0.1, 0.15) is 17.2 Å². The summed E-state index contributed by atoms with van der Waals surface area (Å²) in [6.07, 6.45) is 9.82. The Hall–Kier alpha value is -5.50. The van der Waals surface area contributed by atoms with Crippen molar-refractivity contribution in [2.75, 3.05) is 15.5 Å². The van der Waals surface area contributed by atoms with E-state index < -0.39 is 34.8 Å². The predicted octanol–water partition coefficient (Wildman–Crippen LogP) is 7.77. The molecule has 1 aliphatic heterocycles. The predicted molar refractivity (Wildman–Crippen MR) is 177 cm³/mol. The lowest BCUT2D eigenvalue weighted by atomic mass is 9.70. The molecule has 244 valence electrons. The third-order valence-electron chi connectivity index (χ3n) is 8.24. The molecule has 0 saturated carbocycles. The van der Waals surface area contributed by atoms with Crippen LogP contribution in [0.1, 0.15) is 36.8 Å². The summed E-state index contributed by atoms with van der Waals surface area (Å²) in [5.74, 6) is -0.732. The quantitative estimate of drug-likeness (QED) is 0.101. The molecule has 0 spiro atoms. The zero-order chi connectivity index (χ0) is 33.9. The van der Waals surface area contributed by atoms with Crippen LogP contribution in [-0.2, 0) is 4.79 Å². The maximum Gasteiger partial charge on any atom is 0.446 e. The van der Waals surface area contributed by atoms with E-state index in [1.165, 1.54) is 24.3 Å². The Morgan fingerprint density at radius 2 is 1.21 bits per heavy atom. The normalized spacial score (nSPS) is 17.5. The Morgan fingerprint density at radius 1 is 0.729 bits per heavy atom. The van der Waals surface area contributed by atoms with E-state index in [9.17, 15) is 22.8 Å². The number of alkyl halides is 3. The van der Waals surface area contributed by atoms with Gasteiger partial charge in [0.2, 0.25) is 0 Å². The van der Waals surface area contributed by atoms with Gasteiger partial charge in [-0.2, -0.15) is 13.2 Å². The number of anilines is 5. The number of rotatable bonds is 10. The molecule has 0 aliphatic carbocycles. The number of imide groups is 1. The van der Waals surface area contributed by atoms with Crippen LogP contribution in [0.25, 0.3) is 0 Å². The van der Waals surface area contributed by atoms with Crippen molar-refractivity contribution in [3.05, 3.63) is 121 Å². The molecule has 2 atom stereocenters. The Kier molecular flexibility index (Phi) is 9.00. The molecule has 5 heterocycles. The number of urea groups is 1. The van der Waals surface area contributed by atoms with Crippen molar-refractivity contribution in [2.45, 2.75) is 41.6 Å². The van der Waals surface area contributed by atoms with Crippen LogP contribution in [0.3, 0.4) is 0 Å². The highest BCUT2D eigenvalue weighted by atomic mass is 32.2. The SMILES string of the molecule is CC(c1ccnc(Nc2ccncc2)c1)C1(C(C)c2ccnc(Nc3ccncc3)c2)NC(=O)N(c2ccc(SC(F)(F)F)cc2)C1=O. The first-order chi connectivity index (χ1) is 23.0. The van der Waals surface area contributed by atoms with E-state index >= 15 is 0 Å². The lowest BCUT2D eigenvalue weighted by Gasteiger charge is -2.39. The van der Waals surface area contributed by atoms with Crippen molar-refractivity contribution in [3.8, 4) is 0 Å². The fourth-order valence-electron chi connectivity index (χ4n) is 5.82. The molecule has 2 unspecified atom stereocenters. The van der Waals surface area contributed by atoms with Crippen molar-refractivity contribution >= 4 is 52.4 Å². The van der Waals surface area contributed by atoms with Crippen LogP contribution < -0.4 is 20.9 Å². The fraction of sp³-hybridized carbons (Fsp3) is 0.176. The third kappa shape index (κ3) is 6.79. The molecule has 10 nitrogen and oxygen atoms in total. The molecular weight excluding hydrogens is 641 g/mol. The van der Waals surface area contributed by atoms with E-state index in [4.69, 9.17) is 0 Å². The van der Waals surface area contributed by atoms with Gasteiger partial charge in [-0.1, -0.05) is 13.8 Å². The summed E-state index contributed by atoms with van der Waals surface area (Å²) in [5, 5.41) is 9.47. The number of thioether (sulfide) groups is 1. The maximum absolute atomic E-state index is 14.7. The summed E-state index contributed by atoms with van der Waals surface area (Å²) in [6, 6.07) is 18.8. The van der Waals surface area contributed by atoms with Crippen molar-refractivity contribution in [2.24, 2.45) is 0 Å². The molecule has 0 radical (unpaired) electrons. The van der Waals surface area contributed by atoms with Crippen LogP contribution in [0.5, 0.6) is 0 Å². The summed E-state index contributed by atoms with van der Waals surface area (Å²) in [4.78, 5) is 46.3. The van der Waals surface area contributed by atoms with E-state index in [0.717, 1.165) is 16.3 Å². The summed E-state index contributed by atoms with van der Waals surface area (Å²) >= 11 is -0.273. The standard InChI is InChI=1S/C34H29F3N8O2S/c1-21(23-7-17-40-29(19-23)42-25-9-13-38-14-10-25)33(22(2)24-8-18-41-30(20-24)43-26-11-15-39-16-12-26)31(46)45(32(47)44-33)27-3-5-28(6-4-27)48-34(35,36)37/h3-22H,1-2H3,(H,44,47)(H,38,40,42)(H,39,41,43). The third-order valence-corrected chi connectivity index (χ3v) is 8.98. The molecule has 4 aromatic heterocycles. The van der Waals surface area contributed by atoms with Crippen LogP contribution in [0, 0.1) is 0 Å². The first kappa shape index (κ1) is 32.4. The molecule has 48 heavy (non-hydrogen) atoms. The molecule has 1 saturated heterocycles. The number of halogens is 3. The van der Waals surface area contributed by atoms with Gasteiger partial charge in [-0.25, -0.2) is 19.7 Å². The van der Waals surface area contributed by atoms with Crippen molar-refractivity contribution in [1.82, 2.24) is 25.3 Å². The second-order valence-corrected chi connectivity index (χ2v) is 12.2. The van der Waals surface area contributed by atoms with Gasteiger partial charge < -0.3 is 16.0 Å². The van der Waals surface area contributed by atoms with Crippen LogP contribution in [0.15, 0.2) is 115 Å². The maximum atomic E-state index is 14.7. The molecular formula is C34H29F3N8O2S. The van der Waals surface area contributed by atoms with Gasteiger partial charge in [-0.15, -0.1) is 0 Å². The highest BCUT2D eigenvalue weighted by Crippen LogP contribution is 2.46. The number of nitrogens with zero attached hydrogens (tertiary/aromatic N) is 5. The molecule has 1 aliphatic rings. The van der Waals surface area contributed by atoms with E-state index in [1.807, 2.05) is 26.0 Å². The minimum absolute atomic E-state index is 0.0664. The highest BCUT2D eigenvalue weighted by molar-refractivity contribution is 8.00. The van der Waals surface area contributed by atoms with Crippen LogP contribution in [0.4, 0.5) is 46.7 Å². The summed E-state index contributed by atoms with van der Waals surface area (Å²) in [5.41, 5.74) is -2.90. The molecule has 1 aromatic carbocycles. The molecule has 0 bridgehead atoms. The van der Waals surface area contributed by atoms with Crippen molar-refractivity contribution in [1.29, 1.82) is 0 Å². The van der Waals surface area contributed by atoms with E-state index in [0.29, 0.717) is 22.8 Å². The topological polar surface area (TPSA) is 125 Å². The van der Waals surface area contributed by atoms with Gasteiger partial charge in [0.15, 0.2) is 0 Å². The number of amides is 3. The number of aromatic nitrogens is 4. The van der Waals surface area contributed by atoms with Gasteiger partial charge in [-0.05, 0) is 95.7 Å². The number of nitrogens with one attached hydrogen (secondary N) is 3. The molecule has 6 rings (SSSR count). The van der Waals surface area contributed by atoms with Gasteiger partial charge in [0.25, 0.3) is 5.91 Å². The van der Waals surface area contributed by atoms with Crippen LogP contribution in [-0.4, -0.2) is 42.9 Å². The van der Waals surface area contributed by atoms with Crippen molar-refractivity contribution < 1.29 is 22.8 Å². The van der Waals surface area contributed by atoms with Gasteiger partial charge >= 0.3 is 11.5 Å². The monoisotopic (exact) mass is 670 g/mol. The fourth-order valence-corrected chi connectivity index (χ4v) is 6.36. The second-order valence-electron chi connectivity index (χ2n) is 11.1. The average Bonchev–Trinajstić information content (AvgIpc) is 3.35. The summed E-state index contributed by atoms with van der Waals surface area (Å²) < 4.78 is 38.9. The molecule has 5 aromatic rings. The summed E-state index contributed by atoms with van der Waals surface area (Å²) in [7, 11) is 0. The number of pyridine rings is 4. The Balaban J connectivity index is 1.39. The Morgan fingerprint density at radius 3 is 1.67 bits per heavy atom. The lowest BCUT2D eigenvalue weighted by Crippen LogP contribution is -2.55. The smallest absolute Gasteiger partial charge is 0.340 e. The van der Waals surface area contributed by atoms with E-state index in [1.54, 1.807) is 73.6 Å². The van der Waals surface area contributed by atoms with Gasteiger partial charge in [-0.3, -0.25) is 14.8 Å². The molecule has 1 fully saturated rings. The Bertz CT molecular complexity index is 1820. The van der Waals surface area contributed by atoms with Crippen LogP contribution >= 0.6 is 11.8 Å². The molecule has 3 N–H and O–H groups in total. The number of carbonyl (C=O) groups excluding carboxylic acids is 2. The first-order valence-electron chi connectivity index (χ1n) is 14.8. The summed E-state index contributed by atoms with van der Waals surface area (Å²) in [6.45, 7) is 3.70. The lowest BCUT2D eigenvalue weighted by molar-refractivity contribution is -0.123. The second kappa shape index (κ2) is 13.3.